The molecular formula is C32H41F3O. The van der Waals surface area contributed by atoms with E-state index in [1.54, 1.807) is 0 Å². The zero-order valence-electron chi connectivity index (χ0n) is 21.7. The van der Waals surface area contributed by atoms with Crippen LogP contribution in [0.15, 0.2) is 43.0 Å². The lowest BCUT2D eigenvalue weighted by molar-refractivity contribution is 0.301. The van der Waals surface area contributed by atoms with Crippen molar-refractivity contribution in [3.8, 4) is 5.75 Å². The third-order valence-electron chi connectivity index (χ3n) is 8.55. The first-order valence-electron chi connectivity index (χ1n) is 14.0. The van der Waals surface area contributed by atoms with Crippen molar-refractivity contribution in [1.82, 2.24) is 0 Å². The summed E-state index contributed by atoms with van der Waals surface area (Å²) >= 11 is 0. The fourth-order valence-electron chi connectivity index (χ4n) is 6.14. The average molecular weight is 499 g/mol. The number of ether oxygens (including phenoxy) is 1. The third-order valence-corrected chi connectivity index (χ3v) is 8.55. The first-order chi connectivity index (χ1) is 17.5. The van der Waals surface area contributed by atoms with Gasteiger partial charge in [0, 0.05) is 6.07 Å². The Morgan fingerprint density at radius 3 is 2.06 bits per heavy atom. The van der Waals surface area contributed by atoms with E-state index in [4.69, 9.17) is 4.74 Å². The second-order valence-corrected chi connectivity index (χ2v) is 11.1. The zero-order valence-corrected chi connectivity index (χ0v) is 21.7. The second kappa shape index (κ2) is 12.8. The minimum atomic E-state index is -0.622. The minimum absolute atomic E-state index is 0.0745. The van der Waals surface area contributed by atoms with Crippen LogP contribution in [0.1, 0.15) is 106 Å². The summed E-state index contributed by atoms with van der Waals surface area (Å²) in [5.74, 6) is 0.525. The fourth-order valence-corrected chi connectivity index (χ4v) is 6.14. The highest BCUT2D eigenvalue weighted by Gasteiger charge is 2.29. The van der Waals surface area contributed by atoms with E-state index < -0.39 is 11.6 Å². The van der Waals surface area contributed by atoms with Gasteiger partial charge in [0.2, 0.25) is 0 Å². The van der Waals surface area contributed by atoms with E-state index >= 15 is 8.78 Å². The normalized spacial score (nSPS) is 24.4. The summed E-state index contributed by atoms with van der Waals surface area (Å²) in [4.78, 5) is 0. The predicted octanol–water partition coefficient (Wildman–Crippen LogP) is 9.65. The number of aryl methyl sites for hydroxylation is 1. The Bertz CT molecular complexity index is 1000. The van der Waals surface area contributed by atoms with E-state index in [2.05, 4.69) is 13.5 Å². The molecule has 0 aliphatic heterocycles. The molecule has 4 rings (SSSR count). The van der Waals surface area contributed by atoms with Crippen molar-refractivity contribution < 1.29 is 17.9 Å². The van der Waals surface area contributed by atoms with Crippen molar-refractivity contribution in [2.45, 2.75) is 95.8 Å². The lowest BCUT2D eigenvalue weighted by Gasteiger charge is -2.30. The molecule has 0 atom stereocenters. The van der Waals surface area contributed by atoms with Gasteiger partial charge in [-0.3, -0.25) is 0 Å². The van der Waals surface area contributed by atoms with Gasteiger partial charge in [0.25, 0.3) is 0 Å². The topological polar surface area (TPSA) is 9.23 Å². The molecule has 0 heterocycles. The highest BCUT2D eigenvalue weighted by atomic mass is 19.2. The van der Waals surface area contributed by atoms with Crippen molar-refractivity contribution in [1.29, 1.82) is 0 Å². The molecule has 0 spiro atoms. The first kappa shape index (κ1) is 26.8. The summed E-state index contributed by atoms with van der Waals surface area (Å²) in [6, 6.07) is 8.87. The molecule has 196 valence electrons. The molecule has 0 saturated heterocycles. The summed E-state index contributed by atoms with van der Waals surface area (Å²) in [6.45, 7) is 6.48. The largest absolute Gasteiger partial charge is 0.493 e. The van der Waals surface area contributed by atoms with Gasteiger partial charge in [0.1, 0.15) is 11.6 Å². The smallest absolute Gasteiger partial charge is 0.162 e. The molecule has 0 aromatic heterocycles. The van der Waals surface area contributed by atoms with Crippen LogP contribution in [0, 0.1) is 29.3 Å². The summed E-state index contributed by atoms with van der Waals surface area (Å²) in [5, 5.41) is 0. The summed E-state index contributed by atoms with van der Waals surface area (Å²) < 4.78 is 50.3. The molecule has 4 heteroatoms. The van der Waals surface area contributed by atoms with E-state index in [0.717, 1.165) is 76.2 Å². The maximum absolute atomic E-state index is 15.1. The van der Waals surface area contributed by atoms with Gasteiger partial charge in [-0.05, 0) is 111 Å². The predicted molar refractivity (Wildman–Crippen MR) is 141 cm³/mol. The SMILES string of the molecule is C=CCCCOc1ccc(CCC2CCC(c3ccc(C4CCC(C)CC4)c(F)c3F)CC2)c(F)c1. The highest BCUT2D eigenvalue weighted by molar-refractivity contribution is 5.32. The average Bonchev–Trinajstić information content (AvgIpc) is 2.89. The van der Waals surface area contributed by atoms with Crippen LogP contribution in [0.25, 0.3) is 0 Å². The van der Waals surface area contributed by atoms with Crippen LogP contribution in [0.2, 0.25) is 0 Å². The number of hydrogen-bond donors (Lipinski definition) is 0. The van der Waals surface area contributed by atoms with Crippen molar-refractivity contribution >= 4 is 0 Å². The summed E-state index contributed by atoms with van der Waals surface area (Å²) in [5.41, 5.74) is 1.84. The van der Waals surface area contributed by atoms with Gasteiger partial charge in [-0.1, -0.05) is 44.0 Å². The second-order valence-electron chi connectivity index (χ2n) is 11.1. The molecule has 0 unspecified atom stereocenters. The van der Waals surface area contributed by atoms with Crippen LogP contribution in [-0.4, -0.2) is 6.61 Å². The van der Waals surface area contributed by atoms with Crippen LogP contribution in [-0.2, 0) is 6.42 Å². The van der Waals surface area contributed by atoms with Crippen molar-refractivity contribution in [2.75, 3.05) is 6.61 Å². The zero-order chi connectivity index (χ0) is 25.5. The molecule has 0 N–H and O–H groups in total. The Hall–Kier alpha value is -2.23. The minimum Gasteiger partial charge on any atom is -0.493 e. The van der Waals surface area contributed by atoms with Gasteiger partial charge in [-0.2, -0.15) is 0 Å². The number of benzene rings is 2. The van der Waals surface area contributed by atoms with Crippen LogP contribution >= 0.6 is 0 Å². The van der Waals surface area contributed by atoms with Gasteiger partial charge in [-0.25, -0.2) is 13.2 Å². The highest BCUT2D eigenvalue weighted by Crippen LogP contribution is 2.42. The lowest BCUT2D eigenvalue weighted by Crippen LogP contribution is -2.17. The maximum atomic E-state index is 15.1. The molecule has 0 radical (unpaired) electrons. The van der Waals surface area contributed by atoms with Crippen LogP contribution in [0.3, 0.4) is 0 Å². The van der Waals surface area contributed by atoms with Gasteiger partial charge >= 0.3 is 0 Å². The number of unbranched alkanes of at least 4 members (excludes halogenated alkanes) is 1. The van der Waals surface area contributed by atoms with Crippen LogP contribution in [0.5, 0.6) is 5.75 Å². The van der Waals surface area contributed by atoms with Crippen molar-refractivity contribution in [2.24, 2.45) is 11.8 Å². The molecule has 2 aromatic carbocycles. The number of halogens is 3. The van der Waals surface area contributed by atoms with E-state index in [1.807, 2.05) is 30.3 Å². The standard InChI is InChI=1S/C32H41F3O/c1-3-4-5-20-36-27-17-16-26(30(33)21-27)15-10-23-8-13-25(14-9-23)29-19-18-28(31(34)32(29)35)24-11-6-22(2)7-12-24/h3,16-19,21-25H,1,4-15,20H2,2H3. The Balaban J connectivity index is 1.27. The molecule has 2 fully saturated rings. The molecule has 2 aliphatic carbocycles. The third kappa shape index (κ3) is 6.75. The van der Waals surface area contributed by atoms with Crippen molar-refractivity contribution in [3.63, 3.8) is 0 Å². The van der Waals surface area contributed by atoms with E-state index in [9.17, 15) is 4.39 Å². The molecule has 0 bridgehead atoms. The Morgan fingerprint density at radius 1 is 0.861 bits per heavy atom. The lowest BCUT2D eigenvalue weighted by atomic mass is 9.75. The number of hydrogen-bond acceptors (Lipinski definition) is 1. The van der Waals surface area contributed by atoms with Gasteiger partial charge in [0.05, 0.1) is 6.61 Å². The quantitative estimate of drug-likeness (QED) is 0.234. The molecule has 2 saturated carbocycles. The van der Waals surface area contributed by atoms with Crippen LogP contribution in [0.4, 0.5) is 13.2 Å². The van der Waals surface area contributed by atoms with Crippen LogP contribution < -0.4 is 4.74 Å². The molecule has 0 amide bonds. The summed E-state index contributed by atoms with van der Waals surface area (Å²) in [7, 11) is 0. The Morgan fingerprint density at radius 2 is 1.47 bits per heavy atom. The maximum Gasteiger partial charge on any atom is 0.162 e. The van der Waals surface area contributed by atoms with Gasteiger partial charge in [0.15, 0.2) is 11.6 Å². The monoisotopic (exact) mass is 498 g/mol. The summed E-state index contributed by atoms with van der Waals surface area (Å²) in [6.07, 6.45) is 13.0. The van der Waals surface area contributed by atoms with Gasteiger partial charge < -0.3 is 4.74 Å². The van der Waals surface area contributed by atoms with Gasteiger partial charge in [-0.15, -0.1) is 6.58 Å². The Labute approximate surface area is 215 Å². The van der Waals surface area contributed by atoms with Crippen molar-refractivity contribution in [3.05, 3.63) is 77.1 Å². The number of rotatable bonds is 10. The molecular weight excluding hydrogens is 457 g/mol. The van der Waals surface area contributed by atoms with E-state index in [1.165, 1.54) is 6.07 Å². The molecule has 1 nitrogen and oxygen atoms in total. The molecule has 2 aliphatic rings. The molecule has 2 aromatic rings. The number of allylic oxidation sites excluding steroid dienone is 1. The Kier molecular flexibility index (Phi) is 9.56. The molecule has 36 heavy (non-hydrogen) atoms. The van der Waals surface area contributed by atoms with E-state index in [-0.39, 0.29) is 17.7 Å². The van der Waals surface area contributed by atoms with E-state index in [0.29, 0.717) is 41.7 Å². The fraction of sp³-hybridized carbons (Fsp3) is 0.562. The first-order valence-corrected chi connectivity index (χ1v) is 14.0.